The third-order valence-electron chi connectivity index (χ3n) is 4.01. The first kappa shape index (κ1) is 20.3. The Morgan fingerprint density at radius 1 is 0.963 bits per heavy atom. The summed E-state index contributed by atoms with van der Waals surface area (Å²) in [5, 5.41) is 5.36. The highest BCUT2D eigenvalue weighted by atomic mass is 16.5. The third-order valence-corrected chi connectivity index (χ3v) is 4.01. The van der Waals surface area contributed by atoms with Crippen molar-refractivity contribution in [1.82, 2.24) is 5.32 Å². The van der Waals surface area contributed by atoms with Crippen LogP contribution in [-0.4, -0.2) is 32.6 Å². The second-order valence-electron chi connectivity index (χ2n) is 6.51. The molecule has 0 saturated carbocycles. The monoisotopic (exact) mass is 370 g/mol. The molecular weight excluding hydrogens is 344 g/mol. The molecule has 0 saturated heterocycles. The molecule has 0 aromatic heterocycles. The number of carbonyl (C=O) groups is 2. The fourth-order valence-electron chi connectivity index (χ4n) is 2.39. The van der Waals surface area contributed by atoms with Crippen LogP contribution in [0.15, 0.2) is 42.5 Å². The summed E-state index contributed by atoms with van der Waals surface area (Å²) in [6, 6.07) is 11.8. The van der Waals surface area contributed by atoms with E-state index in [1.165, 1.54) is 0 Å². The van der Waals surface area contributed by atoms with Crippen LogP contribution >= 0.6 is 0 Å². The molecule has 2 rings (SSSR count). The molecule has 2 N–H and O–H groups in total. The highest BCUT2D eigenvalue weighted by molar-refractivity contribution is 6.05. The summed E-state index contributed by atoms with van der Waals surface area (Å²) in [4.78, 5) is 24.0. The summed E-state index contributed by atoms with van der Waals surface area (Å²) < 4.78 is 11.1. The minimum absolute atomic E-state index is 0.175. The number of rotatable bonds is 8. The minimum atomic E-state index is -0.269. The van der Waals surface area contributed by atoms with E-state index in [9.17, 15) is 9.59 Å². The molecule has 0 heterocycles. The van der Waals surface area contributed by atoms with Gasteiger partial charge >= 0.3 is 0 Å². The van der Waals surface area contributed by atoms with E-state index in [1.54, 1.807) is 56.6 Å². The van der Waals surface area contributed by atoms with Crippen LogP contribution < -0.4 is 20.1 Å². The first-order valence-electron chi connectivity index (χ1n) is 8.89. The first-order valence-corrected chi connectivity index (χ1v) is 8.89. The van der Waals surface area contributed by atoms with Crippen LogP contribution in [0.1, 0.15) is 41.0 Å². The lowest BCUT2D eigenvalue weighted by atomic mass is 10.1. The Bertz CT molecular complexity index is 785. The molecule has 0 fully saturated rings. The lowest BCUT2D eigenvalue weighted by Gasteiger charge is -2.13. The standard InChI is InChI=1S/C21H26N2O4/c1-14(2)11-12-27-18-10-7-16(13-19(18)26-4)21(25)23-17-8-5-15(6-9-17)20(24)22-3/h5-10,13-14H,11-12H2,1-4H3,(H,22,24)(H,23,25). The van der Waals surface area contributed by atoms with Crippen molar-refractivity contribution >= 4 is 17.5 Å². The van der Waals surface area contributed by atoms with Crippen molar-refractivity contribution in [2.45, 2.75) is 20.3 Å². The normalized spacial score (nSPS) is 10.4. The molecule has 27 heavy (non-hydrogen) atoms. The van der Waals surface area contributed by atoms with Crippen molar-refractivity contribution in [2.24, 2.45) is 5.92 Å². The van der Waals surface area contributed by atoms with E-state index in [4.69, 9.17) is 9.47 Å². The first-order chi connectivity index (χ1) is 12.9. The molecule has 0 bridgehead atoms. The van der Waals surface area contributed by atoms with Crippen LogP contribution in [-0.2, 0) is 0 Å². The number of anilines is 1. The second-order valence-corrected chi connectivity index (χ2v) is 6.51. The van der Waals surface area contributed by atoms with Crippen molar-refractivity contribution in [3.63, 3.8) is 0 Å². The fourth-order valence-corrected chi connectivity index (χ4v) is 2.39. The maximum absolute atomic E-state index is 12.5. The Morgan fingerprint density at radius 3 is 2.22 bits per heavy atom. The van der Waals surface area contributed by atoms with Gasteiger partial charge in [-0.15, -0.1) is 0 Å². The molecule has 0 radical (unpaired) electrons. The summed E-state index contributed by atoms with van der Waals surface area (Å²) >= 11 is 0. The van der Waals surface area contributed by atoms with Crippen LogP contribution in [0.3, 0.4) is 0 Å². The number of hydrogen-bond donors (Lipinski definition) is 2. The number of amides is 2. The van der Waals surface area contributed by atoms with E-state index in [1.807, 2.05) is 0 Å². The van der Waals surface area contributed by atoms with E-state index in [0.29, 0.717) is 40.8 Å². The van der Waals surface area contributed by atoms with Gasteiger partial charge in [0.1, 0.15) is 0 Å². The summed E-state index contributed by atoms with van der Waals surface area (Å²) in [5.41, 5.74) is 1.59. The number of methoxy groups -OCH3 is 1. The third kappa shape index (κ3) is 5.74. The number of nitrogens with one attached hydrogen (secondary N) is 2. The van der Waals surface area contributed by atoms with Gasteiger partial charge in [-0.1, -0.05) is 13.8 Å². The van der Waals surface area contributed by atoms with Crippen LogP contribution in [0.4, 0.5) is 5.69 Å². The predicted octanol–water partition coefficient (Wildman–Crippen LogP) is 3.73. The lowest BCUT2D eigenvalue weighted by Crippen LogP contribution is -2.18. The zero-order valence-electron chi connectivity index (χ0n) is 16.2. The highest BCUT2D eigenvalue weighted by Gasteiger charge is 2.12. The average Bonchev–Trinajstić information content (AvgIpc) is 2.67. The maximum atomic E-state index is 12.5. The fraction of sp³-hybridized carbons (Fsp3) is 0.333. The molecule has 0 spiro atoms. The van der Waals surface area contributed by atoms with E-state index in [0.717, 1.165) is 6.42 Å². The van der Waals surface area contributed by atoms with E-state index >= 15 is 0 Å². The topological polar surface area (TPSA) is 76.7 Å². The molecule has 6 nitrogen and oxygen atoms in total. The molecule has 6 heteroatoms. The van der Waals surface area contributed by atoms with Gasteiger partial charge in [0.2, 0.25) is 0 Å². The zero-order valence-corrected chi connectivity index (χ0v) is 16.2. The largest absolute Gasteiger partial charge is 0.493 e. The Kier molecular flexibility index (Phi) is 7.23. The number of carbonyl (C=O) groups excluding carboxylic acids is 2. The van der Waals surface area contributed by atoms with Gasteiger partial charge in [-0.2, -0.15) is 0 Å². The van der Waals surface area contributed by atoms with Gasteiger partial charge in [0.05, 0.1) is 13.7 Å². The van der Waals surface area contributed by atoms with Crippen LogP contribution in [0.2, 0.25) is 0 Å². The quantitative estimate of drug-likeness (QED) is 0.742. The van der Waals surface area contributed by atoms with Gasteiger partial charge < -0.3 is 20.1 Å². The zero-order chi connectivity index (χ0) is 19.8. The molecule has 0 unspecified atom stereocenters. The van der Waals surface area contributed by atoms with Gasteiger partial charge in [0.15, 0.2) is 11.5 Å². The Morgan fingerprint density at radius 2 is 1.63 bits per heavy atom. The highest BCUT2D eigenvalue weighted by Crippen LogP contribution is 2.28. The molecule has 0 aliphatic heterocycles. The van der Waals surface area contributed by atoms with Crippen LogP contribution in [0.5, 0.6) is 11.5 Å². The molecular formula is C21H26N2O4. The lowest BCUT2D eigenvalue weighted by molar-refractivity contribution is 0.0962. The molecule has 2 aromatic rings. The summed E-state index contributed by atoms with van der Waals surface area (Å²) in [7, 11) is 3.12. The van der Waals surface area contributed by atoms with Gasteiger partial charge in [0, 0.05) is 23.9 Å². The second kappa shape index (κ2) is 9.62. The van der Waals surface area contributed by atoms with Gasteiger partial charge in [-0.25, -0.2) is 0 Å². The molecule has 0 aliphatic carbocycles. The molecule has 2 aromatic carbocycles. The van der Waals surface area contributed by atoms with Crippen LogP contribution in [0, 0.1) is 5.92 Å². The van der Waals surface area contributed by atoms with Gasteiger partial charge in [0.25, 0.3) is 11.8 Å². The Balaban J connectivity index is 2.06. The molecule has 144 valence electrons. The van der Waals surface area contributed by atoms with Crippen molar-refractivity contribution in [3.05, 3.63) is 53.6 Å². The minimum Gasteiger partial charge on any atom is -0.493 e. The van der Waals surface area contributed by atoms with Crippen molar-refractivity contribution in [3.8, 4) is 11.5 Å². The molecule has 0 atom stereocenters. The maximum Gasteiger partial charge on any atom is 0.255 e. The summed E-state index contributed by atoms with van der Waals surface area (Å²) in [5.74, 6) is 1.24. The number of ether oxygens (including phenoxy) is 2. The number of benzene rings is 2. The van der Waals surface area contributed by atoms with E-state index in [-0.39, 0.29) is 11.8 Å². The summed E-state index contributed by atoms with van der Waals surface area (Å²) in [6.07, 6.45) is 0.942. The summed E-state index contributed by atoms with van der Waals surface area (Å²) in [6.45, 7) is 4.86. The van der Waals surface area contributed by atoms with Crippen LogP contribution in [0.25, 0.3) is 0 Å². The van der Waals surface area contributed by atoms with Gasteiger partial charge in [-0.3, -0.25) is 9.59 Å². The van der Waals surface area contributed by atoms with Crippen molar-refractivity contribution < 1.29 is 19.1 Å². The van der Waals surface area contributed by atoms with E-state index in [2.05, 4.69) is 24.5 Å². The van der Waals surface area contributed by atoms with E-state index < -0.39 is 0 Å². The smallest absolute Gasteiger partial charge is 0.255 e. The Hall–Kier alpha value is -3.02. The van der Waals surface area contributed by atoms with Gasteiger partial charge in [-0.05, 0) is 54.8 Å². The molecule has 0 aliphatic rings. The molecule has 2 amide bonds. The predicted molar refractivity (Wildman–Crippen MR) is 106 cm³/mol. The van der Waals surface area contributed by atoms with Crippen molar-refractivity contribution in [1.29, 1.82) is 0 Å². The SMILES string of the molecule is CNC(=O)c1ccc(NC(=O)c2ccc(OCCC(C)C)c(OC)c2)cc1. The number of hydrogen-bond acceptors (Lipinski definition) is 4. The van der Waals surface area contributed by atoms with Crippen molar-refractivity contribution in [2.75, 3.05) is 26.1 Å². The average molecular weight is 370 g/mol. The Labute approximate surface area is 159 Å².